The Kier molecular flexibility index (Phi) is 4.47. The minimum absolute atomic E-state index is 0.0739. The van der Waals surface area contributed by atoms with Crippen molar-refractivity contribution in [1.29, 1.82) is 0 Å². The van der Waals surface area contributed by atoms with Crippen LogP contribution in [0.25, 0.3) is 6.08 Å². The average Bonchev–Trinajstić information content (AvgIpc) is 3.31. The summed E-state index contributed by atoms with van der Waals surface area (Å²) in [6.45, 7) is 1.79. The molecule has 2 aromatic heterocycles. The monoisotopic (exact) mass is 342 g/mol. The van der Waals surface area contributed by atoms with Crippen LogP contribution in [0.2, 0.25) is 0 Å². The van der Waals surface area contributed by atoms with E-state index in [0.717, 1.165) is 48.9 Å². The van der Waals surface area contributed by atoms with Crippen molar-refractivity contribution in [2.45, 2.75) is 51.1 Å². The van der Waals surface area contributed by atoms with Gasteiger partial charge in [-0.3, -0.25) is 4.79 Å². The molecule has 0 bridgehead atoms. The molecule has 2 aromatic rings. The van der Waals surface area contributed by atoms with Crippen molar-refractivity contribution in [2.24, 2.45) is 0 Å². The molecule has 6 heteroatoms. The van der Waals surface area contributed by atoms with Crippen LogP contribution < -0.4 is 0 Å². The number of hydrogen-bond donors (Lipinski definition) is 0. The number of aryl methyl sites for hydroxylation is 1. The number of nitrogens with zero attached hydrogens (tertiary/aromatic N) is 4. The van der Waals surface area contributed by atoms with Gasteiger partial charge < -0.3 is 9.47 Å². The SMILES string of the molecule is O=C(/C=C/c1cccs1)N1CCC[C@@H]1c1nnc2n1CCCCC2. The molecular weight excluding hydrogens is 320 g/mol. The van der Waals surface area contributed by atoms with Gasteiger partial charge in [-0.25, -0.2) is 0 Å². The van der Waals surface area contributed by atoms with E-state index in [-0.39, 0.29) is 11.9 Å². The number of likely N-dealkylation sites (tertiary alicyclic amines) is 1. The molecule has 126 valence electrons. The molecule has 24 heavy (non-hydrogen) atoms. The van der Waals surface area contributed by atoms with Gasteiger partial charge in [0, 0.05) is 30.5 Å². The Morgan fingerprint density at radius 3 is 3.04 bits per heavy atom. The van der Waals surface area contributed by atoms with E-state index in [4.69, 9.17) is 0 Å². The van der Waals surface area contributed by atoms with E-state index in [1.54, 1.807) is 17.4 Å². The van der Waals surface area contributed by atoms with E-state index in [2.05, 4.69) is 14.8 Å². The number of carbonyl (C=O) groups is 1. The summed E-state index contributed by atoms with van der Waals surface area (Å²) in [5.74, 6) is 2.16. The minimum Gasteiger partial charge on any atom is -0.329 e. The number of carbonyl (C=O) groups excluding carboxylic acids is 1. The molecule has 1 fully saturated rings. The van der Waals surface area contributed by atoms with E-state index in [1.165, 1.54) is 19.3 Å². The van der Waals surface area contributed by atoms with Gasteiger partial charge in [-0.15, -0.1) is 21.5 Å². The highest BCUT2D eigenvalue weighted by molar-refractivity contribution is 7.10. The zero-order chi connectivity index (χ0) is 16.4. The van der Waals surface area contributed by atoms with Crippen molar-refractivity contribution < 1.29 is 4.79 Å². The molecule has 0 aliphatic carbocycles. The number of thiophene rings is 1. The highest BCUT2D eigenvalue weighted by atomic mass is 32.1. The number of hydrogen-bond acceptors (Lipinski definition) is 4. The lowest BCUT2D eigenvalue weighted by atomic mass is 10.2. The first-order valence-corrected chi connectivity index (χ1v) is 9.65. The van der Waals surface area contributed by atoms with Gasteiger partial charge in [0.1, 0.15) is 5.82 Å². The third-order valence-corrected chi connectivity index (χ3v) is 5.74. The molecule has 1 atom stereocenters. The average molecular weight is 342 g/mol. The van der Waals surface area contributed by atoms with Crippen LogP contribution in [0.3, 0.4) is 0 Å². The van der Waals surface area contributed by atoms with E-state index < -0.39 is 0 Å². The van der Waals surface area contributed by atoms with Crippen LogP contribution in [0.1, 0.15) is 54.7 Å². The summed E-state index contributed by atoms with van der Waals surface area (Å²) in [4.78, 5) is 15.7. The van der Waals surface area contributed by atoms with Gasteiger partial charge in [0.2, 0.25) is 5.91 Å². The smallest absolute Gasteiger partial charge is 0.247 e. The fourth-order valence-electron chi connectivity index (χ4n) is 3.69. The van der Waals surface area contributed by atoms with E-state index in [1.807, 2.05) is 28.5 Å². The second-order valence-corrected chi connectivity index (χ2v) is 7.45. The molecule has 5 nitrogen and oxygen atoms in total. The molecular formula is C18H22N4OS. The summed E-state index contributed by atoms with van der Waals surface area (Å²) >= 11 is 1.64. The molecule has 0 spiro atoms. The topological polar surface area (TPSA) is 51.0 Å². The van der Waals surface area contributed by atoms with Crippen molar-refractivity contribution in [3.8, 4) is 0 Å². The molecule has 2 aliphatic heterocycles. The normalized spacial score (nSPS) is 21.2. The molecule has 1 saturated heterocycles. The molecule has 4 rings (SSSR count). The summed E-state index contributed by atoms with van der Waals surface area (Å²) in [6.07, 6.45) is 10.2. The lowest BCUT2D eigenvalue weighted by molar-refractivity contribution is -0.127. The van der Waals surface area contributed by atoms with Gasteiger partial charge in [0.05, 0.1) is 6.04 Å². The first-order valence-electron chi connectivity index (χ1n) is 8.77. The fourth-order valence-corrected chi connectivity index (χ4v) is 4.31. The summed E-state index contributed by atoms with van der Waals surface area (Å²) < 4.78 is 2.27. The Labute approximate surface area is 146 Å². The van der Waals surface area contributed by atoms with Crippen molar-refractivity contribution in [3.63, 3.8) is 0 Å². The summed E-state index contributed by atoms with van der Waals surface area (Å²) in [6, 6.07) is 4.10. The van der Waals surface area contributed by atoms with Gasteiger partial charge in [-0.1, -0.05) is 12.5 Å². The van der Waals surface area contributed by atoms with Crippen molar-refractivity contribution >= 4 is 23.3 Å². The Morgan fingerprint density at radius 1 is 1.21 bits per heavy atom. The predicted octanol–water partition coefficient (Wildman–Crippen LogP) is 3.44. The molecule has 0 saturated carbocycles. The van der Waals surface area contributed by atoms with Crippen molar-refractivity contribution in [1.82, 2.24) is 19.7 Å². The van der Waals surface area contributed by atoms with E-state index >= 15 is 0 Å². The molecule has 0 aromatic carbocycles. The maximum atomic E-state index is 12.7. The van der Waals surface area contributed by atoms with Crippen LogP contribution in [-0.2, 0) is 17.8 Å². The Balaban J connectivity index is 1.55. The second kappa shape index (κ2) is 6.89. The first kappa shape index (κ1) is 15.6. The lowest BCUT2D eigenvalue weighted by Gasteiger charge is -2.23. The molecule has 0 radical (unpaired) electrons. The van der Waals surface area contributed by atoms with Gasteiger partial charge in [0.25, 0.3) is 0 Å². The highest BCUT2D eigenvalue weighted by Crippen LogP contribution is 2.32. The van der Waals surface area contributed by atoms with Crippen LogP contribution in [0.5, 0.6) is 0 Å². The molecule has 2 aliphatic rings. The second-order valence-electron chi connectivity index (χ2n) is 6.48. The first-order chi connectivity index (χ1) is 11.8. The Bertz CT molecular complexity index is 734. The Hall–Kier alpha value is -1.95. The van der Waals surface area contributed by atoms with E-state index in [0.29, 0.717) is 0 Å². The van der Waals surface area contributed by atoms with Gasteiger partial charge in [0.15, 0.2) is 5.82 Å². The van der Waals surface area contributed by atoms with Crippen LogP contribution in [0.4, 0.5) is 0 Å². The number of fused-ring (bicyclic) bond motifs is 1. The Morgan fingerprint density at radius 2 is 2.17 bits per heavy atom. The molecule has 4 heterocycles. The zero-order valence-corrected chi connectivity index (χ0v) is 14.5. The zero-order valence-electron chi connectivity index (χ0n) is 13.7. The summed E-state index contributed by atoms with van der Waals surface area (Å²) in [7, 11) is 0. The summed E-state index contributed by atoms with van der Waals surface area (Å²) in [5, 5.41) is 10.9. The fraction of sp³-hybridized carbons (Fsp3) is 0.500. The van der Waals surface area contributed by atoms with Crippen LogP contribution in [-0.4, -0.2) is 32.1 Å². The van der Waals surface area contributed by atoms with Crippen molar-refractivity contribution in [2.75, 3.05) is 6.54 Å². The minimum atomic E-state index is 0.0739. The van der Waals surface area contributed by atoms with Crippen molar-refractivity contribution in [3.05, 3.63) is 40.1 Å². The molecule has 0 N–H and O–H groups in total. The maximum Gasteiger partial charge on any atom is 0.247 e. The standard InChI is InChI=1S/C18H22N4OS/c23-17(10-9-14-6-5-13-24-14)21-12-4-7-15(21)18-20-19-16-8-2-1-3-11-22(16)18/h5-6,9-10,13,15H,1-4,7-8,11-12H2/b10-9+/t15-/m1/s1. The molecule has 0 unspecified atom stereocenters. The van der Waals surface area contributed by atoms with Gasteiger partial charge in [-0.2, -0.15) is 0 Å². The quantitative estimate of drug-likeness (QED) is 0.803. The number of amides is 1. The molecule has 1 amide bonds. The van der Waals surface area contributed by atoms with Gasteiger partial charge in [-0.05, 0) is 43.2 Å². The highest BCUT2D eigenvalue weighted by Gasteiger charge is 2.33. The van der Waals surface area contributed by atoms with Crippen LogP contribution >= 0.6 is 11.3 Å². The lowest BCUT2D eigenvalue weighted by Crippen LogP contribution is -2.30. The summed E-state index contributed by atoms with van der Waals surface area (Å²) in [5.41, 5.74) is 0. The number of aromatic nitrogens is 3. The van der Waals surface area contributed by atoms with Crippen LogP contribution in [0, 0.1) is 0 Å². The van der Waals surface area contributed by atoms with Gasteiger partial charge >= 0.3 is 0 Å². The third kappa shape index (κ3) is 3.02. The predicted molar refractivity (Wildman–Crippen MR) is 94.6 cm³/mol. The van der Waals surface area contributed by atoms with Crippen LogP contribution in [0.15, 0.2) is 23.6 Å². The largest absolute Gasteiger partial charge is 0.329 e. The number of rotatable bonds is 3. The van der Waals surface area contributed by atoms with E-state index in [9.17, 15) is 4.79 Å². The third-order valence-electron chi connectivity index (χ3n) is 4.91. The maximum absolute atomic E-state index is 12.7.